The van der Waals surface area contributed by atoms with Crippen LogP contribution in [-0.4, -0.2) is 36.4 Å². The fourth-order valence-corrected chi connectivity index (χ4v) is 5.29. The molecule has 2 N–H and O–H groups in total. The van der Waals surface area contributed by atoms with Crippen LogP contribution >= 0.6 is 11.8 Å². The van der Waals surface area contributed by atoms with Crippen molar-refractivity contribution >= 4 is 29.0 Å². The van der Waals surface area contributed by atoms with Gasteiger partial charge in [-0.1, -0.05) is 74.1 Å². The lowest BCUT2D eigenvalue weighted by atomic mass is 10.1. The molecule has 3 aromatic rings. The zero-order chi connectivity index (χ0) is 22.5. The Morgan fingerprint density at radius 3 is 2.38 bits per heavy atom. The molecule has 0 radical (unpaired) electrons. The molecule has 5 heteroatoms. The van der Waals surface area contributed by atoms with Crippen LogP contribution in [0.4, 0.5) is 11.4 Å². The van der Waals surface area contributed by atoms with Crippen LogP contribution in [0.5, 0.6) is 0 Å². The molecule has 0 amide bonds. The van der Waals surface area contributed by atoms with Crippen molar-refractivity contribution in [3.63, 3.8) is 0 Å². The second-order valence-corrected chi connectivity index (χ2v) is 9.26. The number of benzene rings is 3. The van der Waals surface area contributed by atoms with E-state index in [4.69, 9.17) is 5.41 Å². The Morgan fingerprint density at radius 1 is 0.938 bits per heavy atom. The first-order chi connectivity index (χ1) is 15.6. The lowest BCUT2D eigenvalue weighted by molar-refractivity contribution is 0.288. The number of fused-ring (bicyclic) bond motifs is 2. The van der Waals surface area contributed by atoms with Gasteiger partial charge in [-0.15, -0.1) is 0 Å². The topological polar surface area (TPSA) is 42.4 Å². The Balaban J connectivity index is 1.62. The van der Waals surface area contributed by atoms with E-state index < -0.39 is 0 Å². The van der Waals surface area contributed by atoms with Gasteiger partial charge in [-0.25, -0.2) is 0 Å². The van der Waals surface area contributed by atoms with Crippen molar-refractivity contribution in [3.8, 4) is 0 Å². The van der Waals surface area contributed by atoms with Gasteiger partial charge in [0.2, 0.25) is 0 Å². The second kappa shape index (κ2) is 10.2. The quantitative estimate of drug-likeness (QED) is 0.324. The average Bonchev–Trinajstić information content (AvgIpc) is 2.84. The zero-order valence-electron chi connectivity index (χ0n) is 19.1. The number of rotatable bonds is 8. The van der Waals surface area contributed by atoms with E-state index in [1.54, 1.807) is 0 Å². The molecule has 1 aliphatic rings. The van der Waals surface area contributed by atoms with Crippen LogP contribution < -0.4 is 10.2 Å². The van der Waals surface area contributed by atoms with E-state index in [2.05, 4.69) is 90.5 Å². The first kappa shape index (κ1) is 22.4. The number of likely N-dealkylation sites (N-methyl/N-ethyl adjacent to an activating group) is 1. The van der Waals surface area contributed by atoms with Gasteiger partial charge in [0.1, 0.15) is 5.84 Å². The molecule has 4 nitrogen and oxygen atoms in total. The number of nitrogens with one attached hydrogen (secondary N) is 2. The fourth-order valence-electron chi connectivity index (χ4n) is 4.24. The predicted octanol–water partition coefficient (Wildman–Crippen LogP) is 6.13. The summed E-state index contributed by atoms with van der Waals surface area (Å²) < 4.78 is 0. The Hall–Kier alpha value is -2.76. The van der Waals surface area contributed by atoms with E-state index in [0.717, 1.165) is 25.2 Å². The van der Waals surface area contributed by atoms with Crippen molar-refractivity contribution in [2.45, 2.75) is 43.1 Å². The fraction of sp³-hybridized carbons (Fsp3) is 0.296. The summed E-state index contributed by atoms with van der Waals surface area (Å²) in [6, 6.07) is 25.6. The third-order valence-corrected chi connectivity index (χ3v) is 7.15. The maximum atomic E-state index is 8.64. The highest BCUT2D eigenvalue weighted by atomic mass is 32.2. The van der Waals surface area contributed by atoms with Crippen molar-refractivity contribution in [3.05, 3.63) is 83.9 Å². The molecule has 0 saturated heterocycles. The molecule has 32 heavy (non-hydrogen) atoms. The van der Waals surface area contributed by atoms with Crippen molar-refractivity contribution < 1.29 is 0 Å². The first-order valence-corrected chi connectivity index (χ1v) is 12.2. The SMILES string of the molecule is CCN(CC)CC(C)N1c2ccccc2Sc2ccc(C(=N)NCc3ccccc3)cc21. The predicted molar refractivity (Wildman–Crippen MR) is 137 cm³/mol. The number of nitrogens with zero attached hydrogens (tertiary/aromatic N) is 2. The molecule has 0 saturated carbocycles. The summed E-state index contributed by atoms with van der Waals surface area (Å²) in [6.45, 7) is 10.5. The normalized spacial score (nSPS) is 13.4. The lowest BCUT2D eigenvalue weighted by Gasteiger charge is -2.39. The van der Waals surface area contributed by atoms with Crippen LogP contribution in [0, 0.1) is 5.41 Å². The Morgan fingerprint density at radius 2 is 1.62 bits per heavy atom. The second-order valence-electron chi connectivity index (χ2n) is 8.17. The van der Waals surface area contributed by atoms with Crippen LogP contribution in [0.1, 0.15) is 31.9 Å². The van der Waals surface area contributed by atoms with Gasteiger partial charge in [0.05, 0.1) is 11.4 Å². The largest absolute Gasteiger partial charge is 0.366 e. The van der Waals surface area contributed by atoms with Crippen LogP contribution in [0.15, 0.2) is 82.6 Å². The molecule has 0 bridgehead atoms. The molecule has 3 aromatic carbocycles. The van der Waals surface area contributed by atoms with Crippen molar-refractivity contribution in [2.75, 3.05) is 24.5 Å². The number of hydrogen-bond acceptors (Lipinski definition) is 4. The molecule has 0 aromatic heterocycles. The minimum absolute atomic E-state index is 0.317. The van der Waals surface area contributed by atoms with Gasteiger partial charge in [-0.05, 0) is 49.8 Å². The van der Waals surface area contributed by atoms with E-state index in [1.807, 2.05) is 30.0 Å². The molecule has 1 heterocycles. The standard InChI is InChI=1S/C27H32N4S/c1-4-30(5-2)19-20(3)31-23-13-9-10-14-25(23)32-26-16-15-22(17-24(26)31)27(28)29-18-21-11-7-6-8-12-21/h6-17,20H,4-5,18-19H2,1-3H3,(H2,28,29). The van der Waals surface area contributed by atoms with E-state index in [1.165, 1.54) is 26.7 Å². The molecule has 1 unspecified atom stereocenters. The first-order valence-electron chi connectivity index (χ1n) is 11.4. The maximum absolute atomic E-state index is 8.64. The average molecular weight is 445 g/mol. The van der Waals surface area contributed by atoms with Gasteiger partial charge in [0, 0.05) is 34.5 Å². The summed E-state index contributed by atoms with van der Waals surface area (Å²) in [5.74, 6) is 0.455. The number of para-hydroxylation sites is 1. The highest BCUT2D eigenvalue weighted by Crippen LogP contribution is 2.49. The molecular weight excluding hydrogens is 412 g/mol. The maximum Gasteiger partial charge on any atom is 0.125 e. The number of hydrogen-bond donors (Lipinski definition) is 2. The minimum Gasteiger partial charge on any atom is -0.366 e. The Kier molecular flexibility index (Phi) is 7.18. The molecule has 0 fully saturated rings. The summed E-state index contributed by atoms with van der Waals surface area (Å²) in [7, 11) is 0. The molecule has 0 spiro atoms. The highest BCUT2D eigenvalue weighted by molar-refractivity contribution is 7.99. The third kappa shape index (κ3) is 4.84. The molecule has 0 aliphatic carbocycles. The van der Waals surface area contributed by atoms with Gasteiger partial charge in [0.15, 0.2) is 0 Å². The monoisotopic (exact) mass is 444 g/mol. The Labute approximate surface area is 196 Å². The summed E-state index contributed by atoms with van der Waals surface area (Å²) in [5, 5.41) is 11.9. The van der Waals surface area contributed by atoms with E-state index in [0.29, 0.717) is 18.4 Å². The van der Waals surface area contributed by atoms with Gasteiger partial charge in [-0.2, -0.15) is 0 Å². The molecular formula is C27H32N4S. The number of amidine groups is 1. The lowest BCUT2D eigenvalue weighted by Crippen LogP contribution is -2.41. The number of anilines is 2. The van der Waals surface area contributed by atoms with Crippen LogP contribution in [0.2, 0.25) is 0 Å². The summed E-state index contributed by atoms with van der Waals surface area (Å²) in [6.07, 6.45) is 0. The van der Waals surface area contributed by atoms with Crippen molar-refractivity contribution in [1.82, 2.24) is 10.2 Å². The Bertz CT molecular complexity index is 1060. The molecule has 166 valence electrons. The summed E-state index contributed by atoms with van der Waals surface area (Å²) >= 11 is 1.82. The van der Waals surface area contributed by atoms with Crippen molar-refractivity contribution in [2.24, 2.45) is 0 Å². The van der Waals surface area contributed by atoms with Gasteiger partial charge in [-0.3, -0.25) is 5.41 Å². The summed E-state index contributed by atoms with van der Waals surface area (Å²) in [5.41, 5.74) is 4.54. The summed E-state index contributed by atoms with van der Waals surface area (Å²) in [4.78, 5) is 7.47. The molecule has 1 atom stereocenters. The van der Waals surface area contributed by atoms with Crippen LogP contribution in [-0.2, 0) is 6.54 Å². The van der Waals surface area contributed by atoms with Crippen molar-refractivity contribution in [1.29, 1.82) is 5.41 Å². The van der Waals surface area contributed by atoms with E-state index in [-0.39, 0.29) is 0 Å². The molecule has 4 rings (SSSR count). The smallest absolute Gasteiger partial charge is 0.125 e. The third-order valence-electron chi connectivity index (χ3n) is 6.02. The zero-order valence-corrected chi connectivity index (χ0v) is 20.0. The van der Waals surface area contributed by atoms with E-state index >= 15 is 0 Å². The van der Waals surface area contributed by atoms with Crippen LogP contribution in [0.3, 0.4) is 0 Å². The highest BCUT2D eigenvalue weighted by Gasteiger charge is 2.28. The van der Waals surface area contributed by atoms with Gasteiger partial charge in [0.25, 0.3) is 0 Å². The van der Waals surface area contributed by atoms with E-state index in [9.17, 15) is 0 Å². The minimum atomic E-state index is 0.317. The molecule has 1 aliphatic heterocycles. The van der Waals surface area contributed by atoms with Gasteiger partial charge >= 0.3 is 0 Å². The van der Waals surface area contributed by atoms with Crippen LogP contribution in [0.25, 0.3) is 0 Å². The van der Waals surface area contributed by atoms with Gasteiger partial charge < -0.3 is 15.1 Å².